The maximum absolute atomic E-state index is 5.87. The molecule has 1 saturated heterocycles. The van der Waals surface area contributed by atoms with E-state index in [1.54, 1.807) is 7.11 Å². The first-order valence-corrected chi connectivity index (χ1v) is 7.40. The lowest BCUT2D eigenvalue weighted by Crippen LogP contribution is -2.48. The Balaban J connectivity index is 1.93. The molecule has 114 valence electrons. The van der Waals surface area contributed by atoms with Gasteiger partial charge >= 0.3 is 0 Å². The summed E-state index contributed by atoms with van der Waals surface area (Å²) < 4.78 is 10.8. The molecule has 0 radical (unpaired) electrons. The number of hydrogen-bond donors (Lipinski definition) is 1. The van der Waals surface area contributed by atoms with Gasteiger partial charge in [0.05, 0.1) is 12.6 Å². The van der Waals surface area contributed by atoms with Crippen LogP contribution in [0.15, 0.2) is 4.52 Å². The molecule has 1 fully saturated rings. The summed E-state index contributed by atoms with van der Waals surface area (Å²) in [7, 11) is 1.77. The van der Waals surface area contributed by atoms with Crippen LogP contribution in [0.3, 0.4) is 0 Å². The molecule has 6 nitrogen and oxygen atoms in total. The van der Waals surface area contributed by atoms with Gasteiger partial charge in [-0.3, -0.25) is 4.90 Å². The van der Waals surface area contributed by atoms with Crippen LogP contribution in [0.5, 0.6) is 0 Å². The Kier molecular flexibility index (Phi) is 5.51. The third-order valence-electron chi connectivity index (χ3n) is 3.83. The zero-order valence-corrected chi connectivity index (χ0v) is 12.7. The van der Waals surface area contributed by atoms with E-state index in [1.807, 2.05) is 0 Å². The van der Waals surface area contributed by atoms with Gasteiger partial charge in [-0.1, -0.05) is 19.0 Å². The van der Waals surface area contributed by atoms with Crippen molar-refractivity contribution in [3.05, 3.63) is 11.7 Å². The fourth-order valence-electron chi connectivity index (χ4n) is 2.71. The van der Waals surface area contributed by atoms with Crippen molar-refractivity contribution in [1.82, 2.24) is 15.0 Å². The van der Waals surface area contributed by atoms with Crippen molar-refractivity contribution in [3.8, 4) is 0 Å². The average molecular weight is 282 g/mol. The Morgan fingerprint density at radius 1 is 1.50 bits per heavy atom. The quantitative estimate of drug-likeness (QED) is 0.845. The number of likely N-dealkylation sites (tertiary alicyclic amines) is 1. The highest BCUT2D eigenvalue weighted by Gasteiger charge is 2.28. The minimum atomic E-state index is 0.319. The van der Waals surface area contributed by atoms with E-state index in [-0.39, 0.29) is 0 Å². The first-order chi connectivity index (χ1) is 9.62. The highest BCUT2D eigenvalue weighted by atomic mass is 16.5. The monoisotopic (exact) mass is 282 g/mol. The summed E-state index contributed by atoms with van der Waals surface area (Å²) in [5.41, 5.74) is 5.87. The zero-order chi connectivity index (χ0) is 14.5. The van der Waals surface area contributed by atoms with Gasteiger partial charge in [0.15, 0.2) is 5.82 Å². The third kappa shape index (κ3) is 4.01. The molecule has 20 heavy (non-hydrogen) atoms. The number of methoxy groups -OCH3 is 1. The Morgan fingerprint density at radius 3 is 2.95 bits per heavy atom. The van der Waals surface area contributed by atoms with Crippen LogP contribution in [0.2, 0.25) is 0 Å². The topological polar surface area (TPSA) is 77.4 Å². The van der Waals surface area contributed by atoms with Gasteiger partial charge in [-0.15, -0.1) is 0 Å². The molecule has 2 rings (SSSR count). The number of nitrogens with zero attached hydrogens (tertiary/aromatic N) is 3. The van der Waals surface area contributed by atoms with Crippen molar-refractivity contribution in [3.63, 3.8) is 0 Å². The molecule has 2 atom stereocenters. The Morgan fingerprint density at radius 2 is 2.30 bits per heavy atom. The molecule has 1 aromatic rings. The van der Waals surface area contributed by atoms with Crippen LogP contribution in [0, 0.1) is 5.92 Å². The van der Waals surface area contributed by atoms with E-state index in [0.717, 1.165) is 31.6 Å². The molecular formula is C14H26N4O2. The number of ether oxygens (including phenoxy) is 1. The molecule has 6 heteroatoms. The predicted molar refractivity (Wildman–Crippen MR) is 76.1 cm³/mol. The van der Waals surface area contributed by atoms with E-state index in [9.17, 15) is 0 Å². The van der Waals surface area contributed by atoms with Gasteiger partial charge < -0.3 is 15.0 Å². The van der Waals surface area contributed by atoms with Crippen LogP contribution in [0.25, 0.3) is 0 Å². The zero-order valence-electron chi connectivity index (χ0n) is 12.7. The van der Waals surface area contributed by atoms with E-state index in [1.165, 1.54) is 0 Å². The van der Waals surface area contributed by atoms with E-state index in [4.69, 9.17) is 15.0 Å². The van der Waals surface area contributed by atoms with Gasteiger partial charge in [-0.25, -0.2) is 0 Å². The van der Waals surface area contributed by atoms with E-state index in [0.29, 0.717) is 37.0 Å². The lowest BCUT2D eigenvalue weighted by molar-refractivity contribution is 0.00676. The molecule has 2 unspecified atom stereocenters. The minimum Gasteiger partial charge on any atom is -0.381 e. The Labute approximate surface area is 120 Å². The molecule has 0 amide bonds. The standard InChI is InChI=1S/C14H26N4O2/c1-10(2)6-13-16-14(20-17-13)9-18-5-4-12(19-3)7-11(18)8-15/h10-12H,4-9,15H2,1-3H3. The molecular weight excluding hydrogens is 256 g/mol. The summed E-state index contributed by atoms with van der Waals surface area (Å²) in [6.45, 7) is 6.57. The van der Waals surface area contributed by atoms with Gasteiger partial charge in [0.2, 0.25) is 5.89 Å². The second kappa shape index (κ2) is 7.15. The fraction of sp³-hybridized carbons (Fsp3) is 0.857. The second-order valence-electron chi connectivity index (χ2n) is 5.94. The van der Waals surface area contributed by atoms with Gasteiger partial charge in [0.1, 0.15) is 0 Å². The van der Waals surface area contributed by atoms with E-state index < -0.39 is 0 Å². The first kappa shape index (κ1) is 15.4. The Hall–Kier alpha value is -0.980. The van der Waals surface area contributed by atoms with Crippen molar-refractivity contribution < 1.29 is 9.26 Å². The third-order valence-corrected chi connectivity index (χ3v) is 3.83. The van der Waals surface area contributed by atoms with Crippen molar-refractivity contribution in [2.24, 2.45) is 11.7 Å². The summed E-state index contributed by atoms with van der Waals surface area (Å²) in [6, 6.07) is 0.328. The molecule has 2 N–H and O–H groups in total. The summed E-state index contributed by atoms with van der Waals surface area (Å²) in [4.78, 5) is 6.78. The van der Waals surface area contributed by atoms with Crippen LogP contribution < -0.4 is 5.73 Å². The highest BCUT2D eigenvalue weighted by Crippen LogP contribution is 2.21. The summed E-state index contributed by atoms with van der Waals surface area (Å²) >= 11 is 0. The number of nitrogens with two attached hydrogens (primary N) is 1. The molecule has 1 aliphatic heterocycles. The molecule has 2 heterocycles. The number of hydrogen-bond acceptors (Lipinski definition) is 6. The molecule has 0 spiro atoms. The van der Waals surface area contributed by atoms with Crippen LogP contribution in [0.1, 0.15) is 38.4 Å². The summed E-state index contributed by atoms with van der Waals surface area (Å²) in [6.07, 6.45) is 3.18. The van der Waals surface area contributed by atoms with Crippen molar-refractivity contribution in [2.75, 3.05) is 20.2 Å². The molecule has 0 saturated carbocycles. The molecule has 0 aromatic carbocycles. The lowest BCUT2D eigenvalue weighted by Gasteiger charge is -2.37. The first-order valence-electron chi connectivity index (χ1n) is 7.40. The number of rotatable bonds is 6. The van der Waals surface area contributed by atoms with Crippen LogP contribution in [-0.4, -0.2) is 47.4 Å². The van der Waals surface area contributed by atoms with Gasteiger partial charge in [-0.2, -0.15) is 4.98 Å². The van der Waals surface area contributed by atoms with E-state index in [2.05, 4.69) is 28.9 Å². The average Bonchev–Trinajstić information content (AvgIpc) is 2.85. The molecule has 0 aliphatic carbocycles. The molecule has 1 aromatic heterocycles. The normalized spacial score (nSPS) is 24.4. The number of aromatic nitrogens is 2. The lowest BCUT2D eigenvalue weighted by atomic mass is 9.99. The van der Waals surface area contributed by atoms with Gasteiger partial charge in [0, 0.05) is 32.7 Å². The van der Waals surface area contributed by atoms with Crippen molar-refractivity contribution in [1.29, 1.82) is 0 Å². The second-order valence-corrected chi connectivity index (χ2v) is 5.94. The summed E-state index contributed by atoms with van der Waals surface area (Å²) in [5.74, 6) is 2.02. The smallest absolute Gasteiger partial charge is 0.240 e. The van der Waals surface area contributed by atoms with Crippen LogP contribution in [0.4, 0.5) is 0 Å². The highest BCUT2D eigenvalue weighted by molar-refractivity contribution is 4.90. The minimum absolute atomic E-state index is 0.319. The summed E-state index contributed by atoms with van der Waals surface area (Å²) in [5, 5.41) is 4.04. The fourth-order valence-corrected chi connectivity index (χ4v) is 2.71. The largest absolute Gasteiger partial charge is 0.381 e. The Bertz CT molecular complexity index is 408. The predicted octanol–water partition coefficient (Wildman–Crippen LogP) is 1.21. The number of piperidine rings is 1. The molecule has 0 bridgehead atoms. The van der Waals surface area contributed by atoms with Crippen molar-refractivity contribution >= 4 is 0 Å². The maximum atomic E-state index is 5.87. The SMILES string of the molecule is COC1CCN(Cc2nc(CC(C)C)no2)C(CN)C1. The molecule has 1 aliphatic rings. The van der Waals surface area contributed by atoms with Crippen LogP contribution >= 0.6 is 0 Å². The maximum Gasteiger partial charge on any atom is 0.240 e. The van der Waals surface area contributed by atoms with Gasteiger partial charge in [-0.05, 0) is 18.8 Å². The van der Waals surface area contributed by atoms with E-state index >= 15 is 0 Å². The van der Waals surface area contributed by atoms with Gasteiger partial charge in [0.25, 0.3) is 0 Å². The van der Waals surface area contributed by atoms with Crippen molar-refractivity contribution in [2.45, 2.75) is 51.8 Å². The van der Waals surface area contributed by atoms with Crippen LogP contribution in [-0.2, 0) is 17.7 Å².